The molecule has 1 aromatic rings. The van der Waals surface area contributed by atoms with E-state index < -0.39 is 11.4 Å². The number of aromatic nitrogens is 2. The molecule has 1 N–H and O–H groups in total. The number of amides is 1. The molecule has 3 fully saturated rings. The molecule has 1 aromatic heterocycles. The maximum atomic E-state index is 12.7. The van der Waals surface area contributed by atoms with Crippen molar-refractivity contribution >= 4 is 11.9 Å². The standard InChI is InChI=1S/C20H30N4O3/c1-14-8-15(2)24(21-14)7-6-18(25)23-11-17-10-22(9-16-4-3-5-16)12-20(17,13-23)19(26)27/h8,16-17H,3-7,9-13H2,1-2H3,(H,26,27)/t17-,20-/m1/s1. The van der Waals surface area contributed by atoms with Crippen molar-refractivity contribution in [1.82, 2.24) is 19.6 Å². The third-order valence-corrected chi connectivity index (χ3v) is 6.84. The molecular weight excluding hydrogens is 344 g/mol. The fourth-order valence-corrected chi connectivity index (χ4v) is 5.10. The van der Waals surface area contributed by atoms with Crippen molar-refractivity contribution in [3.8, 4) is 0 Å². The van der Waals surface area contributed by atoms with Gasteiger partial charge in [0.25, 0.3) is 0 Å². The zero-order valence-corrected chi connectivity index (χ0v) is 16.4. The van der Waals surface area contributed by atoms with Crippen molar-refractivity contribution < 1.29 is 14.7 Å². The van der Waals surface area contributed by atoms with Crippen LogP contribution < -0.4 is 0 Å². The van der Waals surface area contributed by atoms with E-state index in [0.29, 0.717) is 32.6 Å². The largest absolute Gasteiger partial charge is 0.481 e. The molecule has 1 amide bonds. The van der Waals surface area contributed by atoms with Gasteiger partial charge in [0, 0.05) is 57.3 Å². The van der Waals surface area contributed by atoms with Crippen molar-refractivity contribution in [3.05, 3.63) is 17.5 Å². The van der Waals surface area contributed by atoms with E-state index >= 15 is 0 Å². The van der Waals surface area contributed by atoms with Crippen LogP contribution in [0.15, 0.2) is 6.07 Å². The van der Waals surface area contributed by atoms with Gasteiger partial charge in [-0.05, 0) is 38.7 Å². The molecule has 7 nitrogen and oxygen atoms in total. The number of carboxylic acid groups (broad SMARTS) is 1. The Morgan fingerprint density at radius 2 is 2.04 bits per heavy atom. The lowest BCUT2D eigenvalue weighted by molar-refractivity contribution is -0.149. The Kier molecular flexibility index (Phi) is 4.74. The molecule has 3 aliphatic rings. The highest BCUT2D eigenvalue weighted by Crippen LogP contribution is 2.44. The van der Waals surface area contributed by atoms with Gasteiger partial charge in [0.2, 0.25) is 5.91 Å². The van der Waals surface area contributed by atoms with Gasteiger partial charge >= 0.3 is 5.97 Å². The molecule has 148 valence electrons. The summed E-state index contributed by atoms with van der Waals surface area (Å²) in [5.74, 6) is 0.0986. The van der Waals surface area contributed by atoms with Gasteiger partial charge < -0.3 is 14.9 Å². The van der Waals surface area contributed by atoms with E-state index in [-0.39, 0.29) is 11.8 Å². The number of aryl methyl sites for hydroxylation is 3. The van der Waals surface area contributed by atoms with Crippen molar-refractivity contribution in [1.29, 1.82) is 0 Å². The number of aliphatic carboxylic acids is 1. The average Bonchev–Trinajstić information content (AvgIpc) is 3.19. The lowest BCUT2D eigenvalue weighted by atomic mass is 9.81. The molecule has 2 saturated heterocycles. The van der Waals surface area contributed by atoms with Crippen LogP contribution in [-0.2, 0) is 16.1 Å². The van der Waals surface area contributed by atoms with E-state index in [1.807, 2.05) is 24.6 Å². The number of carbonyl (C=O) groups is 2. The minimum atomic E-state index is -0.780. The fraction of sp³-hybridized carbons (Fsp3) is 0.750. The molecule has 0 radical (unpaired) electrons. The number of hydrogen-bond acceptors (Lipinski definition) is 4. The van der Waals surface area contributed by atoms with E-state index in [0.717, 1.165) is 30.4 Å². The lowest BCUT2D eigenvalue weighted by Crippen LogP contribution is -2.43. The van der Waals surface area contributed by atoms with E-state index in [1.165, 1.54) is 19.3 Å². The molecule has 2 aliphatic heterocycles. The Labute approximate surface area is 160 Å². The van der Waals surface area contributed by atoms with Gasteiger partial charge in [-0.25, -0.2) is 0 Å². The van der Waals surface area contributed by atoms with Gasteiger partial charge in [-0.1, -0.05) is 6.42 Å². The zero-order valence-electron chi connectivity index (χ0n) is 16.4. The summed E-state index contributed by atoms with van der Waals surface area (Å²) in [4.78, 5) is 29.0. The second-order valence-corrected chi connectivity index (χ2v) is 8.82. The summed E-state index contributed by atoms with van der Waals surface area (Å²) in [5.41, 5.74) is 1.22. The van der Waals surface area contributed by atoms with E-state index in [9.17, 15) is 14.7 Å². The van der Waals surface area contributed by atoms with Crippen LogP contribution in [0, 0.1) is 31.1 Å². The maximum Gasteiger partial charge on any atom is 0.313 e. The first-order valence-electron chi connectivity index (χ1n) is 10.1. The number of nitrogens with zero attached hydrogens (tertiary/aromatic N) is 4. The summed E-state index contributed by atoms with van der Waals surface area (Å²) in [7, 11) is 0. The van der Waals surface area contributed by atoms with Crippen LogP contribution in [0.5, 0.6) is 0 Å². The normalized spacial score (nSPS) is 28.4. The molecule has 0 aromatic carbocycles. The SMILES string of the molecule is Cc1cc(C)n(CCC(=O)N2C[C@H]3CN(CC4CCC4)C[C@@]3(C(=O)O)C2)n1. The number of fused-ring (bicyclic) bond motifs is 1. The number of hydrogen-bond donors (Lipinski definition) is 1. The molecule has 3 heterocycles. The smallest absolute Gasteiger partial charge is 0.313 e. The second kappa shape index (κ2) is 6.93. The lowest BCUT2D eigenvalue weighted by Gasteiger charge is -2.31. The van der Waals surface area contributed by atoms with Crippen molar-refractivity contribution in [3.63, 3.8) is 0 Å². The van der Waals surface area contributed by atoms with Gasteiger partial charge in [0.1, 0.15) is 5.41 Å². The van der Waals surface area contributed by atoms with E-state index in [2.05, 4.69) is 10.00 Å². The monoisotopic (exact) mass is 374 g/mol. The molecule has 7 heteroatoms. The summed E-state index contributed by atoms with van der Waals surface area (Å²) >= 11 is 0. The first-order chi connectivity index (χ1) is 12.9. The molecule has 1 saturated carbocycles. The van der Waals surface area contributed by atoms with Gasteiger partial charge in [-0.3, -0.25) is 14.3 Å². The van der Waals surface area contributed by atoms with Crippen LogP contribution >= 0.6 is 0 Å². The van der Waals surface area contributed by atoms with E-state index in [4.69, 9.17) is 0 Å². The molecular formula is C20H30N4O3. The summed E-state index contributed by atoms with van der Waals surface area (Å²) in [6.07, 6.45) is 4.23. The molecule has 1 aliphatic carbocycles. The molecule has 4 rings (SSSR count). The van der Waals surface area contributed by atoms with Crippen LogP contribution in [0.1, 0.15) is 37.1 Å². The topological polar surface area (TPSA) is 78.7 Å². The predicted molar refractivity (Wildman–Crippen MR) is 100 cm³/mol. The van der Waals surface area contributed by atoms with Crippen molar-refractivity contribution in [2.75, 3.05) is 32.7 Å². The second-order valence-electron chi connectivity index (χ2n) is 8.82. The number of rotatable bonds is 6. The van der Waals surface area contributed by atoms with Crippen LogP contribution in [0.25, 0.3) is 0 Å². The van der Waals surface area contributed by atoms with Crippen LogP contribution in [0.4, 0.5) is 0 Å². The highest BCUT2D eigenvalue weighted by Gasteiger charge is 2.58. The Bertz CT molecular complexity index is 742. The molecule has 0 bridgehead atoms. The van der Waals surface area contributed by atoms with Crippen molar-refractivity contribution in [2.24, 2.45) is 17.3 Å². The van der Waals surface area contributed by atoms with Crippen LogP contribution in [0.2, 0.25) is 0 Å². The Balaban J connectivity index is 1.37. The number of carbonyl (C=O) groups excluding carboxylic acids is 1. The highest BCUT2D eigenvalue weighted by atomic mass is 16.4. The average molecular weight is 374 g/mol. The zero-order chi connectivity index (χ0) is 19.2. The molecule has 27 heavy (non-hydrogen) atoms. The van der Waals surface area contributed by atoms with Crippen LogP contribution in [0.3, 0.4) is 0 Å². The molecule has 0 unspecified atom stereocenters. The third kappa shape index (κ3) is 3.37. The van der Waals surface area contributed by atoms with Gasteiger partial charge in [0.15, 0.2) is 0 Å². The van der Waals surface area contributed by atoms with Gasteiger partial charge in [-0.2, -0.15) is 5.10 Å². The Morgan fingerprint density at radius 3 is 2.59 bits per heavy atom. The van der Waals surface area contributed by atoms with E-state index in [1.54, 1.807) is 4.90 Å². The third-order valence-electron chi connectivity index (χ3n) is 6.84. The van der Waals surface area contributed by atoms with Gasteiger partial charge in [0.05, 0.1) is 5.69 Å². The number of likely N-dealkylation sites (tertiary alicyclic amines) is 2. The summed E-state index contributed by atoms with van der Waals surface area (Å²) < 4.78 is 1.86. The quantitative estimate of drug-likeness (QED) is 0.817. The predicted octanol–water partition coefficient (Wildman–Crippen LogP) is 1.54. The highest BCUT2D eigenvalue weighted by molar-refractivity contribution is 5.81. The minimum Gasteiger partial charge on any atom is -0.481 e. The molecule has 2 atom stereocenters. The molecule has 0 spiro atoms. The Morgan fingerprint density at radius 1 is 1.26 bits per heavy atom. The first kappa shape index (κ1) is 18.5. The van der Waals surface area contributed by atoms with Gasteiger partial charge in [-0.15, -0.1) is 0 Å². The van der Waals surface area contributed by atoms with Crippen molar-refractivity contribution in [2.45, 2.75) is 46.1 Å². The number of carboxylic acids is 1. The van der Waals surface area contributed by atoms with Crippen LogP contribution in [-0.4, -0.2) is 69.3 Å². The summed E-state index contributed by atoms with van der Waals surface area (Å²) in [6.45, 7) is 7.83. The first-order valence-corrected chi connectivity index (χ1v) is 10.1. The summed E-state index contributed by atoms with van der Waals surface area (Å²) in [5, 5.41) is 14.4. The summed E-state index contributed by atoms with van der Waals surface area (Å²) in [6, 6.07) is 2.00. The fourth-order valence-electron chi connectivity index (χ4n) is 5.10. The Hall–Kier alpha value is -1.89. The maximum absolute atomic E-state index is 12.7. The minimum absolute atomic E-state index is 0.0446.